The molecule has 0 aliphatic carbocycles. The number of nitrogens with zero attached hydrogens (tertiary/aromatic N) is 1. The summed E-state index contributed by atoms with van der Waals surface area (Å²) in [5.74, 6) is -1.40. The van der Waals surface area contributed by atoms with E-state index in [9.17, 15) is 14.7 Å². The van der Waals surface area contributed by atoms with E-state index < -0.39 is 17.7 Å². The first-order valence-corrected chi connectivity index (χ1v) is 10.5. The predicted octanol–water partition coefficient (Wildman–Crippen LogP) is 4.36. The SMILES string of the molecule is Cc1ccccc1C1/C(=C(/O)c2ccc(Br)cc2)C(=O)C(=O)N1CC1CCCO1. The number of Topliss-reactive ketones (excluding diaryl/α,β-unsaturated/α-hetero) is 1. The fourth-order valence-corrected chi connectivity index (χ4v) is 4.32. The first-order valence-electron chi connectivity index (χ1n) is 9.69. The van der Waals surface area contributed by atoms with Gasteiger partial charge in [-0.2, -0.15) is 0 Å². The van der Waals surface area contributed by atoms with E-state index in [2.05, 4.69) is 15.9 Å². The van der Waals surface area contributed by atoms with Gasteiger partial charge < -0.3 is 14.7 Å². The van der Waals surface area contributed by atoms with Crippen molar-refractivity contribution in [1.29, 1.82) is 0 Å². The third-order valence-corrected chi connectivity index (χ3v) is 6.09. The van der Waals surface area contributed by atoms with Crippen LogP contribution in [0, 0.1) is 6.92 Å². The van der Waals surface area contributed by atoms with Crippen molar-refractivity contribution in [3.63, 3.8) is 0 Å². The standard InChI is InChI=1S/C23H22BrNO4/c1-14-5-2-3-7-18(14)20-19(21(26)15-8-10-16(24)11-9-15)22(27)23(28)25(20)13-17-6-4-12-29-17/h2-3,5,7-11,17,20,26H,4,6,12-13H2,1H3/b21-19-. The molecule has 2 saturated heterocycles. The molecule has 6 heteroatoms. The Labute approximate surface area is 178 Å². The lowest BCUT2D eigenvalue weighted by molar-refractivity contribution is -0.140. The summed E-state index contributed by atoms with van der Waals surface area (Å²) in [6.45, 7) is 2.95. The van der Waals surface area contributed by atoms with E-state index in [0.29, 0.717) is 18.7 Å². The Morgan fingerprint density at radius 2 is 1.90 bits per heavy atom. The fraction of sp³-hybridized carbons (Fsp3) is 0.304. The molecule has 2 aromatic rings. The number of likely N-dealkylation sites (tertiary alicyclic amines) is 1. The van der Waals surface area contributed by atoms with E-state index in [1.54, 1.807) is 29.2 Å². The summed E-state index contributed by atoms with van der Waals surface area (Å²) in [6, 6.07) is 14.0. The maximum Gasteiger partial charge on any atom is 0.295 e. The molecule has 0 radical (unpaired) electrons. The van der Waals surface area contributed by atoms with Crippen LogP contribution in [0.1, 0.15) is 35.6 Å². The number of ether oxygens (including phenoxy) is 1. The smallest absolute Gasteiger partial charge is 0.295 e. The average Bonchev–Trinajstić information content (AvgIpc) is 3.31. The predicted molar refractivity (Wildman–Crippen MR) is 113 cm³/mol. The molecule has 4 rings (SSSR count). The second kappa shape index (κ2) is 8.13. The molecule has 0 bridgehead atoms. The number of ketones is 1. The molecule has 0 spiro atoms. The summed E-state index contributed by atoms with van der Waals surface area (Å²) < 4.78 is 6.58. The van der Waals surface area contributed by atoms with Gasteiger partial charge >= 0.3 is 0 Å². The number of aliphatic hydroxyl groups is 1. The lowest BCUT2D eigenvalue weighted by atomic mass is 9.92. The van der Waals surface area contributed by atoms with Gasteiger partial charge in [0.1, 0.15) is 5.76 Å². The summed E-state index contributed by atoms with van der Waals surface area (Å²) in [7, 11) is 0. The van der Waals surface area contributed by atoms with Gasteiger partial charge in [0.25, 0.3) is 11.7 Å². The van der Waals surface area contributed by atoms with Crippen molar-refractivity contribution in [2.75, 3.05) is 13.2 Å². The van der Waals surface area contributed by atoms with Crippen LogP contribution in [0.5, 0.6) is 0 Å². The monoisotopic (exact) mass is 455 g/mol. The molecule has 2 fully saturated rings. The number of halogens is 1. The van der Waals surface area contributed by atoms with Crippen LogP contribution in [-0.2, 0) is 14.3 Å². The van der Waals surface area contributed by atoms with Gasteiger partial charge in [-0.15, -0.1) is 0 Å². The van der Waals surface area contributed by atoms with Gasteiger partial charge in [-0.3, -0.25) is 9.59 Å². The Hall–Kier alpha value is -2.44. The summed E-state index contributed by atoms with van der Waals surface area (Å²) in [6.07, 6.45) is 1.71. The van der Waals surface area contributed by atoms with Crippen LogP contribution in [0.3, 0.4) is 0 Å². The Morgan fingerprint density at radius 3 is 2.55 bits per heavy atom. The molecule has 2 heterocycles. The quantitative estimate of drug-likeness (QED) is 0.422. The first kappa shape index (κ1) is 19.9. The highest BCUT2D eigenvalue weighted by atomic mass is 79.9. The molecule has 0 aromatic heterocycles. The van der Waals surface area contributed by atoms with Gasteiger partial charge in [0, 0.05) is 23.2 Å². The number of carbonyl (C=O) groups is 2. The zero-order valence-electron chi connectivity index (χ0n) is 16.1. The molecule has 5 nitrogen and oxygen atoms in total. The number of benzene rings is 2. The highest BCUT2D eigenvalue weighted by Gasteiger charge is 2.47. The molecule has 2 aliphatic heterocycles. The summed E-state index contributed by atoms with van der Waals surface area (Å²) in [5, 5.41) is 11.0. The van der Waals surface area contributed by atoms with Crippen LogP contribution >= 0.6 is 15.9 Å². The normalized spacial score (nSPS) is 23.7. The summed E-state index contributed by atoms with van der Waals surface area (Å²) in [4.78, 5) is 27.5. The fourth-order valence-electron chi connectivity index (χ4n) is 4.06. The van der Waals surface area contributed by atoms with Gasteiger partial charge in [0.15, 0.2) is 0 Å². The lowest BCUT2D eigenvalue weighted by Crippen LogP contribution is -2.36. The maximum absolute atomic E-state index is 13.0. The van der Waals surface area contributed by atoms with Crippen LogP contribution in [0.4, 0.5) is 0 Å². The number of rotatable bonds is 4. The number of aryl methyl sites for hydroxylation is 1. The van der Waals surface area contributed by atoms with E-state index in [1.165, 1.54) is 0 Å². The number of carbonyl (C=O) groups excluding carboxylic acids is 2. The van der Waals surface area contributed by atoms with Crippen molar-refractivity contribution in [1.82, 2.24) is 4.90 Å². The van der Waals surface area contributed by atoms with E-state index in [-0.39, 0.29) is 17.4 Å². The summed E-state index contributed by atoms with van der Waals surface area (Å²) >= 11 is 3.38. The van der Waals surface area contributed by atoms with Crippen LogP contribution < -0.4 is 0 Å². The molecule has 150 valence electrons. The van der Waals surface area contributed by atoms with Gasteiger partial charge in [0.05, 0.1) is 17.7 Å². The number of hydrogen-bond acceptors (Lipinski definition) is 4. The molecule has 2 unspecified atom stereocenters. The third kappa shape index (κ3) is 3.74. The molecular formula is C23H22BrNO4. The minimum absolute atomic E-state index is 0.0903. The number of amides is 1. The zero-order valence-corrected chi connectivity index (χ0v) is 17.7. The second-order valence-electron chi connectivity index (χ2n) is 7.45. The molecule has 2 aliphatic rings. The van der Waals surface area contributed by atoms with Crippen LogP contribution in [0.2, 0.25) is 0 Å². The highest BCUT2D eigenvalue weighted by molar-refractivity contribution is 9.10. The molecule has 29 heavy (non-hydrogen) atoms. The number of hydrogen-bond donors (Lipinski definition) is 1. The Bertz CT molecular complexity index is 977. The lowest BCUT2D eigenvalue weighted by Gasteiger charge is -2.28. The van der Waals surface area contributed by atoms with Crippen LogP contribution in [0.15, 0.2) is 58.6 Å². The molecule has 0 saturated carbocycles. The van der Waals surface area contributed by atoms with Crippen molar-refractivity contribution in [2.45, 2.75) is 31.9 Å². The molecule has 2 aromatic carbocycles. The van der Waals surface area contributed by atoms with Crippen LogP contribution in [0.25, 0.3) is 5.76 Å². The second-order valence-corrected chi connectivity index (χ2v) is 8.37. The van der Waals surface area contributed by atoms with Gasteiger partial charge in [0.2, 0.25) is 0 Å². The van der Waals surface area contributed by atoms with Gasteiger partial charge in [-0.25, -0.2) is 0 Å². The van der Waals surface area contributed by atoms with E-state index in [1.807, 2.05) is 31.2 Å². The van der Waals surface area contributed by atoms with Crippen molar-refractivity contribution in [3.8, 4) is 0 Å². The highest BCUT2D eigenvalue weighted by Crippen LogP contribution is 2.41. The Balaban J connectivity index is 1.84. The Kier molecular flexibility index (Phi) is 5.56. The van der Waals surface area contributed by atoms with E-state index in [4.69, 9.17) is 4.74 Å². The van der Waals surface area contributed by atoms with Crippen molar-refractivity contribution in [2.24, 2.45) is 0 Å². The van der Waals surface area contributed by atoms with Gasteiger partial charge in [-0.05, 0) is 43.0 Å². The summed E-state index contributed by atoms with van der Waals surface area (Å²) in [5.41, 5.74) is 2.42. The average molecular weight is 456 g/mol. The zero-order chi connectivity index (χ0) is 20.5. The third-order valence-electron chi connectivity index (χ3n) is 5.56. The van der Waals surface area contributed by atoms with Crippen molar-refractivity contribution >= 4 is 33.4 Å². The number of aliphatic hydroxyl groups excluding tert-OH is 1. The minimum Gasteiger partial charge on any atom is -0.507 e. The Morgan fingerprint density at radius 1 is 1.17 bits per heavy atom. The maximum atomic E-state index is 13.0. The van der Waals surface area contributed by atoms with E-state index in [0.717, 1.165) is 28.4 Å². The largest absolute Gasteiger partial charge is 0.507 e. The molecule has 1 N–H and O–H groups in total. The van der Waals surface area contributed by atoms with E-state index >= 15 is 0 Å². The van der Waals surface area contributed by atoms with Crippen LogP contribution in [-0.4, -0.2) is 41.0 Å². The minimum atomic E-state index is -0.656. The first-order chi connectivity index (χ1) is 14.0. The molecular weight excluding hydrogens is 434 g/mol. The molecule has 2 atom stereocenters. The topological polar surface area (TPSA) is 66.8 Å². The molecule has 1 amide bonds. The van der Waals surface area contributed by atoms with Crippen molar-refractivity contribution < 1.29 is 19.4 Å². The van der Waals surface area contributed by atoms with Crippen molar-refractivity contribution in [3.05, 3.63) is 75.3 Å². The van der Waals surface area contributed by atoms with Gasteiger partial charge in [-0.1, -0.05) is 52.3 Å².